The molecule has 0 bridgehead atoms. The second kappa shape index (κ2) is 5.86. The van der Waals surface area contributed by atoms with Gasteiger partial charge < -0.3 is 4.57 Å². The van der Waals surface area contributed by atoms with Crippen molar-refractivity contribution in [3.05, 3.63) is 83.0 Å². The fourth-order valence-electron chi connectivity index (χ4n) is 2.60. The maximum Gasteiger partial charge on any atom is 0.202 e. The normalized spacial score (nSPS) is 11.2. The average molecular weight is 358 g/mol. The number of hydrogen-bond acceptors (Lipinski definition) is 3. The van der Waals surface area contributed by atoms with E-state index >= 15 is 0 Å². The maximum absolute atomic E-state index is 14.8. The number of rotatable bonds is 3. The number of ketones is 1. The van der Waals surface area contributed by atoms with E-state index in [0.29, 0.717) is 5.56 Å². The van der Waals surface area contributed by atoms with E-state index in [4.69, 9.17) is 0 Å². The van der Waals surface area contributed by atoms with Crippen LogP contribution in [0, 0.1) is 17.5 Å². The molecule has 0 spiro atoms. The average Bonchev–Trinajstić information content (AvgIpc) is 3.30. The first-order valence-corrected chi connectivity index (χ1v) is 8.07. The van der Waals surface area contributed by atoms with E-state index < -0.39 is 23.1 Å². The molecule has 3 nitrogen and oxygen atoms in total. The molecule has 4 rings (SSSR count). The summed E-state index contributed by atoms with van der Waals surface area (Å²) < 4.78 is 44.5. The third-order valence-corrected chi connectivity index (χ3v) is 4.93. The fraction of sp³-hybridized carbons (Fsp3) is 0. The van der Waals surface area contributed by atoms with Gasteiger partial charge in [0.1, 0.15) is 5.69 Å². The molecular weight excluding hydrogens is 349 g/mol. The van der Waals surface area contributed by atoms with Crippen molar-refractivity contribution in [1.29, 1.82) is 0 Å². The minimum absolute atomic E-state index is 0.109. The molecule has 0 amide bonds. The first-order chi connectivity index (χ1) is 12.1. The Labute approximate surface area is 144 Å². The largest absolute Gasteiger partial charge is 0.301 e. The molecule has 0 fully saturated rings. The lowest BCUT2D eigenvalue weighted by Gasteiger charge is -2.07. The molecule has 0 radical (unpaired) electrons. The summed E-state index contributed by atoms with van der Waals surface area (Å²) in [5, 5.41) is -0.247. The number of halogens is 3. The quantitative estimate of drug-likeness (QED) is 0.392. The second-order valence-electron chi connectivity index (χ2n) is 5.31. The molecule has 0 aliphatic rings. The van der Waals surface area contributed by atoms with Crippen molar-refractivity contribution in [2.45, 2.75) is 0 Å². The molecule has 2 heterocycles. The van der Waals surface area contributed by atoms with Crippen molar-refractivity contribution < 1.29 is 18.0 Å². The Morgan fingerprint density at radius 2 is 1.80 bits per heavy atom. The van der Waals surface area contributed by atoms with Crippen LogP contribution in [0.15, 0.2) is 55.1 Å². The lowest BCUT2D eigenvalue weighted by Crippen LogP contribution is -2.02. The highest BCUT2D eigenvalue weighted by atomic mass is 32.1. The van der Waals surface area contributed by atoms with Crippen molar-refractivity contribution in [2.24, 2.45) is 0 Å². The van der Waals surface area contributed by atoms with Crippen molar-refractivity contribution in [1.82, 2.24) is 9.55 Å². The van der Waals surface area contributed by atoms with Crippen molar-refractivity contribution in [3.8, 4) is 5.69 Å². The third kappa shape index (κ3) is 2.44. The number of benzene rings is 2. The second-order valence-corrected chi connectivity index (χ2v) is 6.36. The fourth-order valence-corrected chi connectivity index (χ4v) is 3.66. The lowest BCUT2D eigenvalue weighted by atomic mass is 10.1. The monoisotopic (exact) mass is 358 g/mol. The SMILES string of the molecule is O=C(c1ccccc1)c1cc2c(F)c(F)c(-n3ccnc3)c(F)c2s1. The summed E-state index contributed by atoms with van der Waals surface area (Å²) in [6, 6.07) is 9.55. The molecule has 25 heavy (non-hydrogen) atoms. The molecule has 0 N–H and O–H groups in total. The van der Waals surface area contributed by atoms with Crippen LogP contribution in [0.2, 0.25) is 0 Å². The summed E-state index contributed by atoms with van der Waals surface area (Å²) in [5.41, 5.74) is -0.159. The van der Waals surface area contributed by atoms with Gasteiger partial charge in [-0.2, -0.15) is 0 Å². The number of carbonyl (C=O) groups is 1. The van der Waals surface area contributed by atoms with Crippen LogP contribution in [0.1, 0.15) is 15.2 Å². The van der Waals surface area contributed by atoms with Gasteiger partial charge in [0, 0.05) is 23.3 Å². The molecule has 4 aromatic rings. The summed E-state index contributed by atoms with van der Waals surface area (Å²) in [5.74, 6) is -3.81. The lowest BCUT2D eigenvalue weighted by molar-refractivity contribution is 0.104. The summed E-state index contributed by atoms with van der Waals surface area (Å²) in [7, 11) is 0. The molecular formula is C18H9F3N2OS. The van der Waals surface area contributed by atoms with E-state index in [2.05, 4.69) is 4.98 Å². The minimum Gasteiger partial charge on any atom is -0.301 e. The topological polar surface area (TPSA) is 34.9 Å². The highest BCUT2D eigenvalue weighted by Crippen LogP contribution is 2.36. The minimum atomic E-state index is -1.32. The van der Waals surface area contributed by atoms with Gasteiger partial charge in [-0.1, -0.05) is 30.3 Å². The van der Waals surface area contributed by atoms with E-state index in [1.165, 1.54) is 24.8 Å². The Kier molecular flexibility index (Phi) is 3.65. The number of carbonyl (C=O) groups excluding carboxylic acids is 1. The van der Waals surface area contributed by atoms with E-state index in [9.17, 15) is 18.0 Å². The maximum atomic E-state index is 14.8. The molecule has 7 heteroatoms. The number of hydrogen-bond donors (Lipinski definition) is 0. The molecule has 124 valence electrons. The van der Waals surface area contributed by atoms with Crippen molar-refractivity contribution in [2.75, 3.05) is 0 Å². The number of imidazole rings is 1. The summed E-state index contributed by atoms with van der Waals surface area (Å²) in [6.07, 6.45) is 3.83. The molecule has 0 unspecified atom stereocenters. The Bertz CT molecular complexity index is 1090. The van der Waals surface area contributed by atoms with Crippen LogP contribution in [-0.2, 0) is 0 Å². The molecule has 0 aliphatic heterocycles. The summed E-state index contributed by atoms with van der Waals surface area (Å²) in [4.78, 5) is 16.4. The predicted octanol–water partition coefficient (Wildman–Crippen LogP) is 4.74. The van der Waals surface area contributed by atoms with Gasteiger partial charge in [0.25, 0.3) is 0 Å². The number of thiophene rings is 1. The van der Waals surface area contributed by atoms with Crippen LogP contribution in [-0.4, -0.2) is 15.3 Å². The van der Waals surface area contributed by atoms with E-state index in [1.807, 2.05) is 0 Å². The van der Waals surface area contributed by atoms with E-state index in [0.717, 1.165) is 15.9 Å². The first kappa shape index (κ1) is 15.6. The van der Waals surface area contributed by atoms with Gasteiger partial charge in [-0.3, -0.25) is 4.79 Å². The van der Waals surface area contributed by atoms with E-state index in [-0.39, 0.29) is 20.7 Å². The van der Waals surface area contributed by atoms with Gasteiger partial charge in [0.15, 0.2) is 17.5 Å². The Morgan fingerprint density at radius 3 is 2.48 bits per heavy atom. The van der Waals surface area contributed by atoms with Crippen LogP contribution >= 0.6 is 11.3 Å². The van der Waals surface area contributed by atoms with Gasteiger partial charge >= 0.3 is 0 Å². The van der Waals surface area contributed by atoms with Gasteiger partial charge in [-0.15, -0.1) is 11.3 Å². The van der Waals surface area contributed by atoms with Gasteiger partial charge in [-0.25, -0.2) is 18.2 Å². The smallest absolute Gasteiger partial charge is 0.202 e. The molecule has 2 aromatic heterocycles. The van der Waals surface area contributed by atoms with Crippen LogP contribution < -0.4 is 0 Å². The van der Waals surface area contributed by atoms with Crippen molar-refractivity contribution in [3.63, 3.8) is 0 Å². The van der Waals surface area contributed by atoms with Gasteiger partial charge in [0.2, 0.25) is 5.78 Å². The summed E-state index contributed by atoms with van der Waals surface area (Å²) in [6.45, 7) is 0. The standard InChI is InChI=1S/C18H9F3N2OS/c19-13-11-8-12(17(24)10-4-2-1-3-5-10)25-18(11)15(21)16(14(13)20)23-7-6-22-9-23/h1-9H. The van der Waals surface area contributed by atoms with Crippen LogP contribution in [0.4, 0.5) is 13.2 Å². The zero-order valence-electron chi connectivity index (χ0n) is 12.5. The van der Waals surface area contributed by atoms with E-state index in [1.54, 1.807) is 30.3 Å². The number of nitrogens with zero attached hydrogens (tertiary/aromatic N) is 2. The Balaban J connectivity index is 1.93. The Morgan fingerprint density at radius 1 is 1.04 bits per heavy atom. The van der Waals surface area contributed by atoms with Crippen LogP contribution in [0.5, 0.6) is 0 Å². The third-order valence-electron chi connectivity index (χ3n) is 3.80. The highest BCUT2D eigenvalue weighted by Gasteiger charge is 2.25. The predicted molar refractivity (Wildman–Crippen MR) is 88.7 cm³/mol. The molecule has 0 atom stereocenters. The Hall–Kier alpha value is -2.93. The zero-order chi connectivity index (χ0) is 17.6. The first-order valence-electron chi connectivity index (χ1n) is 7.26. The zero-order valence-corrected chi connectivity index (χ0v) is 13.4. The molecule has 2 aromatic carbocycles. The molecule has 0 aliphatic carbocycles. The summed E-state index contributed by atoms with van der Waals surface area (Å²) >= 11 is 0.796. The molecule has 0 saturated carbocycles. The number of fused-ring (bicyclic) bond motifs is 1. The van der Waals surface area contributed by atoms with Gasteiger partial charge in [-0.05, 0) is 6.07 Å². The van der Waals surface area contributed by atoms with Crippen LogP contribution in [0.25, 0.3) is 15.8 Å². The van der Waals surface area contributed by atoms with Crippen LogP contribution in [0.3, 0.4) is 0 Å². The highest BCUT2D eigenvalue weighted by molar-refractivity contribution is 7.21. The number of aromatic nitrogens is 2. The van der Waals surface area contributed by atoms with Gasteiger partial charge in [0.05, 0.1) is 15.9 Å². The molecule has 0 saturated heterocycles. The van der Waals surface area contributed by atoms with Crippen molar-refractivity contribution >= 4 is 27.2 Å².